The van der Waals surface area contributed by atoms with Gasteiger partial charge >= 0.3 is 5.97 Å². The quantitative estimate of drug-likeness (QED) is 0.348. The van der Waals surface area contributed by atoms with Gasteiger partial charge in [-0.1, -0.05) is 0 Å². The molecule has 4 N–H and O–H groups in total. The van der Waals surface area contributed by atoms with Gasteiger partial charge in [0, 0.05) is 6.54 Å². The Morgan fingerprint density at radius 3 is 2.85 bits per heavy atom. The molecule has 1 unspecified atom stereocenters. The Hall–Kier alpha value is -0.650. The van der Waals surface area contributed by atoms with Crippen molar-refractivity contribution in [1.82, 2.24) is 5.32 Å². The number of methoxy groups -OCH3 is 1. The maximum Gasteiger partial charge on any atom is 0.322 e. The number of rotatable bonds is 7. The lowest BCUT2D eigenvalue weighted by Crippen LogP contribution is -2.32. The number of hydrogen-bond donors (Lipinski definition) is 3. The lowest BCUT2D eigenvalue weighted by molar-refractivity contribution is -0.142. The third-order valence-corrected chi connectivity index (χ3v) is 1.66. The number of aliphatic hydroxyl groups is 1. The molecule has 0 rings (SSSR count). The molecule has 0 radical (unpaired) electrons. The first kappa shape index (κ1) is 12.3. The zero-order valence-electron chi connectivity index (χ0n) is 7.95. The third kappa shape index (κ3) is 6.51. The van der Waals surface area contributed by atoms with Crippen LogP contribution in [0.25, 0.3) is 0 Å². The SMILES string of the molecule is COC(=O)C(N)CCCNCCO. The lowest BCUT2D eigenvalue weighted by Gasteiger charge is -2.08. The van der Waals surface area contributed by atoms with E-state index < -0.39 is 6.04 Å². The van der Waals surface area contributed by atoms with Gasteiger partial charge in [0.1, 0.15) is 6.04 Å². The largest absolute Gasteiger partial charge is 0.468 e. The van der Waals surface area contributed by atoms with Crippen LogP contribution in [-0.2, 0) is 9.53 Å². The van der Waals surface area contributed by atoms with Gasteiger partial charge in [-0.15, -0.1) is 0 Å². The molecular weight excluding hydrogens is 172 g/mol. The molecule has 0 aromatic carbocycles. The lowest BCUT2D eigenvalue weighted by atomic mass is 10.2. The maximum absolute atomic E-state index is 10.8. The highest BCUT2D eigenvalue weighted by atomic mass is 16.5. The summed E-state index contributed by atoms with van der Waals surface area (Å²) in [7, 11) is 1.33. The fourth-order valence-electron chi connectivity index (χ4n) is 0.920. The molecule has 0 heterocycles. The third-order valence-electron chi connectivity index (χ3n) is 1.66. The summed E-state index contributed by atoms with van der Waals surface area (Å²) < 4.78 is 4.47. The van der Waals surface area contributed by atoms with Crippen molar-refractivity contribution < 1.29 is 14.6 Å². The molecule has 13 heavy (non-hydrogen) atoms. The van der Waals surface area contributed by atoms with Crippen LogP contribution in [-0.4, -0.2) is 43.9 Å². The molecule has 0 aliphatic rings. The molecule has 5 nitrogen and oxygen atoms in total. The van der Waals surface area contributed by atoms with E-state index in [2.05, 4.69) is 10.1 Å². The highest BCUT2D eigenvalue weighted by molar-refractivity contribution is 5.75. The average Bonchev–Trinajstić information content (AvgIpc) is 2.16. The summed E-state index contributed by atoms with van der Waals surface area (Å²) in [6.07, 6.45) is 1.40. The Labute approximate surface area is 78.3 Å². The molecule has 0 aromatic heterocycles. The monoisotopic (exact) mass is 190 g/mol. The van der Waals surface area contributed by atoms with Crippen LogP contribution in [0.4, 0.5) is 0 Å². The van der Waals surface area contributed by atoms with E-state index in [4.69, 9.17) is 10.8 Å². The minimum Gasteiger partial charge on any atom is -0.468 e. The van der Waals surface area contributed by atoms with Gasteiger partial charge < -0.3 is 20.9 Å². The zero-order chi connectivity index (χ0) is 10.1. The highest BCUT2D eigenvalue weighted by Crippen LogP contribution is 1.94. The Balaban J connectivity index is 3.26. The predicted molar refractivity (Wildman–Crippen MR) is 49.2 cm³/mol. The first-order valence-electron chi connectivity index (χ1n) is 4.37. The van der Waals surface area contributed by atoms with Gasteiger partial charge in [-0.2, -0.15) is 0 Å². The molecule has 5 heteroatoms. The second-order valence-electron chi connectivity index (χ2n) is 2.75. The normalized spacial score (nSPS) is 12.5. The molecule has 0 saturated carbocycles. The van der Waals surface area contributed by atoms with Gasteiger partial charge in [-0.3, -0.25) is 4.79 Å². The molecule has 0 saturated heterocycles. The van der Waals surface area contributed by atoms with E-state index in [9.17, 15) is 4.79 Å². The van der Waals surface area contributed by atoms with Gasteiger partial charge in [0.25, 0.3) is 0 Å². The van der Waals surface area contributed by atoms with E-state index in [1.165, 1.54) is 7.11 Å². The minimum atomic E-state index is -0.527. The molecule has 0 fully saturated rings. The van der Waals surface area contributed by atoms with Crippen molar-refractivity contribution in [2.24, 2.45) is 5.73 Å². The number of nitrogens with two attached hydrogens (primary N) is 1. The van der Waals surface area contributed by atoms with Gasteiger partial charge in [0.05, 0.1) is 13.7 Å². The number of ether oxygens (including phenoxy) is 1. The van der Waals surface area contributed by atoms with Crippen molar-refractivity contribution in [2.45, 2.75) is 18.9 Å². The second-order valence-corrected chi connectivity index (χ2v) is 2.75. The van der Waals surface area contributed by atoms with Crippen LogP contribution < -0.4 is 11.1 Å². The Morgan fingerprint density at radius 2 is 2.31 bits per heavy atom. The van der Waals surface area contributed by atoms with Gasteiger partial charge in [0.15, 0.2) is 0 Å². The summed E-state index contributed by atoms with van der Waals surface area (Å²) in [4.78, 5) is 10.8. The van der Waals surface area contributed by atoms with E-state index in [1.54, 1.807) is 0 Å². The van der Waals surface area contributed by atoms with Crippen molar-refractivity contribution in [3.63, 3.8) is 0 Å². The number of hydrogen-bond acceptors (Lipinski definition) is 5. The van der Waals surface area contributed by atoms with Crippen LogP contribution in [0.2, 0.25) is 0 Å². The summed E-state index contributed by atoms with van der Waals surface area (Å²) >= 11 is 0. The molecular formula is C8H18N2O3. The highest BCUT2D eigenvalue weighted by Gasteiger charge is 2.11. The van der Waals surface area contributed by atoms with Gasteiger partial charge in [0.2, 0.25) is 0 Å². The van der Waals surface area contributed by atoms with E-state index in [-0.39, 0.29) is 12.6 Å². The molecule has 0 aliphatic heterocycles. The fraction of sp³-hybridized carbons (Fsp3) is 0.875. The fourth-order valence-corrected chi connectivity index (χ4v) is 0.920. The molecule has 0 amide bonds. The topological polar surface area (TPSA) is 84.6 Å². The van der Waals surface area contributed by atoms with Crippen molar-refractivity contribution in [2.75, 3.05) is 26.8 Å². The standard InChI is InChI=1S/C8H18N2O3/c1-13-8(12)7(9)3-2-4-10-5-6-11/h7,10-11H,2-6,9H2,1H3. The Morgan fingerprint density at radius 1 is 1.62 bits per heavy atom. The van der Waals surface area contributed by atoms with Crippen LogP contribution in [0.1, 0.15) is 12.8 Å². The molecule has 1 atom stereocenters. The van der Waals surface area contributed by atoms with Gasteiger partial charge in [-0.25, -0.2) is 0 Å². The van der Waals surface area contributed by atoms with E-state index in [0.29, 0.717) is 13.0 Å². The summed E-state index contributed by atoms with van der Waals surface area (Å²) in [6.45, 7) is 1.46. The predicted octanol–water partition coefficient (Wildman–Crippen LogP) is -1.15. The number of carbonyl (C=O) groups is 1. The van der Waals surface area contributed by atoms with Crippen molar-refractivity contribution in [1.29, 1.82) is 0 Å². The number of esters is 1. The molecule has 0 bridgehead atoms. The molecule has 78 valence electrons. The van der Waals surface area contributed by atoms with Crippen LogP contribution in [0, 0.1) is 0 Å². The van der Waals surface area contributed by atoms with Crippen molar-refractivity contribution in [3.8, 4) is 0 Å². The van der Waals surface area contributed by atoms with Crippen LogP contribution in [0.3, 0.4) is 0 Å². The van der Waals surface area contributed by atoms with Crippen LogP contribution in [0.5, 0.6) is 0 Å². The van der Waals surface area contributed by atoms with Crippen molar-refractivity contribution in [3.05, 3.63) is 0 Å². The average molecular weight is 190 g/mol. The summed E-state index contributed by atoms with van der Waals surface area (Å²) in [5, 5.41) is 11.4. The minimum absolute atomic E-state index is 0.128. The molecule has 0 aromatic rings. The maximum atomic E-state index is 10.8. The Bertz CT molecular complexity index is 141. The number of nitrogens with one attached hydrogen (secondary N) is 1. The second kappa shape index (κ2) is 7.97. The van der Waals surface area contributed by atoms with Crippen LogP contribution in [0.15, 0.2) is 0 Å². The number of carbonyl (C=O) groups excluding carboxylic acids is 1. The van der Waals surface area contributed by atoms with Crippen molar-refractivity contribution >= 4 is 5.97 Å². The van der Waals surface area contributed by atoms with E-state index >= 15 is 0 Å². The summed E-state index contributed by atoms with van der Waals surface area (Å²) in [5.74, 6) is -0.373. The molecule has 0 aliphatic carbocycles. The van der Waals surface area contributed by atoms with Crippen LogP contribution >= 0.6 is 0 Å². The Kier molecular flexibility index (Phi) is 7.57. The first-order chi connectivity index (χ1) is 6.22. The van der Waals surface area contributed by atoms with Gasteiger partial charge in [-0.05, 0) is 19.4 Å². The molecule has 0 spiro atoms. The zero-order valence-corrected chi connectivity index (χ0v) is 7.95. The number of aliphatic hydroxyl groups excluding tert-OH is 1. The first-order valence-corrected chi connectivity index (χ1v) is 4.37. The smallest absolute Gasteiger partial charge is 0.322 e. The van der Waals surface area contributed by atoms with E-state index in [0.717, 1.165) is 13.0 Å². The summed E-state index contributed by atoms with van der Waals surface area (Å²) in [6, 6.07) is -0.527. The summed E-state index contributed by atoms with van der Waals surface area (Å²) in [5.41, 5.74) is 5.49. The van der Waals surface area contributed by atoms with E-state index in [1.807, 2.05) is 0 Å².